The second-order valence-electron chi connectivity index (χ2n) is 13.7. The summed E-state index contributed by atoms with van der Waals surface area (Å²) in [7, 11) is 0. The first kappa shape index (κ1) is 30.7. The number of hydrogen-bond acceptors (Lipinski definition) is 8. The molecule has 10 atom stereocenters. The molecule has 0 bridgehead atoms. The minimum absolute atomic E-state index is 0.0378. The van der Waals surface area contributed by atoms with E-state index in [2.05, 4.69) is 0 Å². The minimum Gasteiger partial charge on any atom is -0.399 e. The molecule has 1 heterocycles. The lowest BCUT2D eigenvalue weighted by Crippen LogP contribution is -2.70. The number of ether oxygens (including phenoxy) is 2. The highest BCUT2D eigenvalue weighted by atomic mass is 32.2. The molecule has 2 aromatic rings. The van der Waals surface area contributed by atoms with Crippen LogP contribution in [0.2, 0.25) is 0 Å². The fraction of sp³-hybridized carbons (Fsp3) is 0.486. The van der Waals surface area contributed by atoms with Crippen molar-refractivity contribution in [2.45, 2.75) is 85.8 Å². The second kappa shape index (κ2) is 10.3. The quantitative estimate of drug-likeness (QED) is 0.375. The minimum atomic E-state index is -2.29. The molecule has 4 N–H and O–H groups in total. The molecule has 1 aliphatic heterocycles. The molecule has 7 nitrogen and oxygen atoms in total. The Bertz CT molecular complexity index is 1630. The number of fused-ring (bicyclic) bond motifs is 7. The molecule has 238 valence electrons. The van der Waals surface area contributed by atoms with E-state index in [1.54, 1.807) is 18.7 Å². The van der Waals surface area contributed by atoms with Gasteiger partial charge in [-0.3, -0.25) is 9.59 Å². The molecule has 4 fully saturated rings. The Morgan fingerprint density at radius 1 is 1.11 bits per heavy atom. The first-order chi connectivity index (χ1) is 21.3. The highest BCUT2D eigenvalue weighted by molar-refractivity contribution is 7.99. The highest BCUT2D eigenvalue weighted by Gasteiger charge is 2.80. The zero-order chi connectivity index (χ0) is 32.1. The number of benzene rings is 2. The van der Waals surface area contributed by atoms with E-state index in [9.17, 15) is 19.8 Å². The van der Waals surface area contributed by atoms with Crippen molar-refractivity contribution in [2.24, 2.45) is 22.7 Å². The van der Waals surface area contributed by atoms with E-state index in [0.29, 0.717) is 11.3 Å². The number of halogens is 2. The normalized spacial score (nSPS) is 41.6. The molecule has 0 amide bonds. The third kappa shape index (κ3) is 4.15. The number of aliphatic hydroxyl groups is 2. The average Bonchev–Trinajstić information content (AvgIpc) is 3.48. The van der Waals surface area contributed by atoms with Crippen LogP contribution < -0.4 is 5.73 Å². The Morgan fingerprint density at radius 2 is 1.84 bits per heavy atom. The van der Waals surface area contributed by atoms with Gasteiger partial charge in [0.2, 0.25) is 0 Å². The SMILES string of the molecule is Cc1cc(N)cc(Sc2ccc([C@H]3O[C@@H]4C[C@H]5[C@@H]6C[C@H](F)C7=CC(=O)C=C[C@]7(C)[C@@]6(F)[C@@H](O)C[C@]5(C)[C@]4(C(=O)CO)O3)cc2)c1. The molecule has 0 aromatic heterocycles. The number of Topliss-reactive ketones (excluding diaryl/α,β-unsaturated/α-hetero) is 1. The summed E-state index contributed by atoms with van der Waals surface area (Å²) in [6.45, 7) is 4.47. The number of anilines is 1. The lowest BCUT2D eigenvalue weighted by Gasteiger charge is -2.63. The van der Waals surface area contributed by atoms with Crippen LogP contribution in [0.1, 0.15) is 50.5 Å². The average molecular weight is 638 g/mol. The Balaban J connectivity index is 1.20. The Kier molecular flexibility index (Phi) is 7.04. The van der Waals surface area contributed by atoms with Gasteiger partial charge in [-0.05, 0) is 92.6 Å². The highest BCUT2D eigenvalue weighted by Crippen LogP contribution is 2.72. The predicted molar refractivity (Wildman–Crippen MR) is 164 cm³/mol. The van der Waals surface area contributed by atoms with Gasteiger partial charge in [0.05, 0.1) is 12.2 Å². The van der Waals surface area contributed by atoms with Gasteiger partial charge in [-0.25, -0.2) is 8.78 Å². The summed E-state index contributed by atoms with van der Waals surface area (Å²) in [6.07, 6.45) is -1.43. The molecule has 0 radical (unpaired) electrons. The fourth-order valence-corrected chi connectivity index (χ4v) is 10.4. The molecule has 2 aromatic carbocycles. The van der Waals surface area contributed by atoms with Gasteiger partial charge in [-0.15, -0.1) is 0 Å². The zero-order valence-corrected chi connectivity index (χ0v) is 26.2. The molecule has 45 heavy (non-hydrogen) atoms. The molecule has 0 spiro atoms. The summed E-state index contributed by atoms with van der Waals surface area (Å²) in [5, 5.41) is 21.8. The first-order valence-corrected chi connectivity index (χ1v) is 16.2. The van der Waals surface area contributed by atoms with Gasteiger partial charge in [-0.1, -0.05) is 36.9 Å². The van der Waals surface area contributed by atoms with Crippen molar-refractivity contribution >= 4 is 29.0 Å². The van der Waals surface area contributed by atoms with Crippen LogP contribution >= 0.6 is 11.8 Å². The molecule has 1 saturated heterocycles. The summed E-state index contributed by atoms with van der Waals surface area (Å²) in [5.41, 5.74) is 1.78. The van der Waals surface area contributed by atoms with Crippen LogP contribution in [-0.4, -0.2) is 58.0 Å². The third-order valence-corrected chi connectivity index (χ3v) is 12.4. The van der Waals surface area contributed by atoms with Gasteiger partial charge < -0.3 is 25.4 Å². The topological polar surface area (TPSA) is 119 Å². The van der Waals surface area contributed by atoms with E-state index < -0.39 is 76.8 Å². The molecule has 7 rings (SSSR count). The van der Waals surface area contributed by atoms with Crippen molar-refractivity contribution < 1.29 is 38.1 Å². The largest absolute Gasteiger partial charge is 0.399 e. The predicted octanol–water partition coefficient (Wildman–Crippen LogP) is 5.37. The maximum absolute atomic E-state index is 17.6. The smallest absolute Gasteiger partial charge is 0.193 e. The van der Waals surface area contributed by atoms with Gasteiger partial charge in [-0.2, -0.15) is 0 Å². The number of nitrogen functional groups attached to an aromatic ring is 1. The standard InChI is InChI=1S/C35H37F2NO6S/c1-18-10-20(38)12-23(11-18)45-22-6-4-19(5-7-22)31-43-30-15-24-25-14-27(36)26-13-21(40)8-9-32(26,2)34(25,37)28(41)16-33(24,3)35(30,44-31)29(42)17-39/h4-13,24-25,27-28,30-31,39,41H,14-17,38H2,1-3H3/t24-,25-,27-,28-,30+,31-,32-,33-,34-,35+/m0/s1. The van der Waals surface area contributed by atoms with E-state index in [1.807, 2.05) is 49.4 Å². The first-order valence-electron chi connectivity index (χ1n) is 15.4. The Hall–Kier alpha value is -2.89. The lowest BCUT2D eigenvalue weighted by atomic mass is 9.44. The van der Waals surface area contributed by atoms with Crippen LogP contribution in [0.4, 0.5) is 14.5 Å². The van der Waals surface area contributed by atoms with E-state index in [4.69, 9.17) is 15.2 Å². The van der Waals surface area contributed by atoms with Crippen molar-refractivity contribution in [1.82, 2.24) is 0 Å². The molecular weight excluding hydrogens is 600 g/mol. The van der Waals surface area contributed by atoms with Crippen molar-refractivity contribution in [3.8, 4) is 0 Å². The van der Waals surface area contributed by atoms with Crippen LogP contribution in [-0.2, 0) is 19.1 Å². The van der Waals surface area contributed by atoms with Gasteiger partial charge >= 0.3 is 0 Å². The number of carbonyl (C=O) groups excluding carboxylic acids is 2. The van der Waals surface area contributed by atoms with Gasteiger partial charge in [0, 0.05) is 37.8 Å². The third-order valence-electron chi connectivity index (χ3n) is 11.4. The van der Waals surface area contributed by atoms with Gasteiger partial charge in [0.25, 0.3) is 0 Å². The number of carbonyl (C=O) groups is 2. The van der Waals surface area contributed by atoms with Crippen molar-refractivity contribution in [3.63, 3.8) is 0 Å². The van der Waals surface area contributed by atoms with Crippen LogP contribution in [0.3, 0.4) is 0 Å². The maximum atomic E-state index is 17.6. The zero-order valence-electron chi connectivity index (χ0n) is 25.3. The van der Waals surface area contributed by atoms with Crippen molar-refractivity contribution in [3.05, 3.63) is 77.4 Å². The van der Waals surface area contributed by atoms with E-state index in [1.165, 1.54) is 19.1 Å². The summed E-state index contributed by atoms with van der Waals surface area (Å²) in [4.78, 5) is 27.8. The summed E-state index contributed by atoms with van der Waals surface area (Å²) in [6, 6.07) is 13.4. The second-order valence-corrected chi connectivity index (χ2v) is 14.9. The van der Waals surface area contributed by atoms with E-state index in [0.717, 1.165) is 21.4 Å². The van der Waals surface area contributed by atoms with Crippen molar-refractivity contribution in [1.29, 1.82) is 0 Å². The maximum Gasteiger partial charge on any atom is 0.193 e. The molecule has 0 unspecified atom stereocenters. The van der Waals surface area contributed by atoms with Crippen LogP contribution in [0.5, 0.6) is 0 Å². The number of allylic oxidation sites excluding steroid dienone is 4. The number of aryl methyl sites for hydroxylation is 1. The van der Waals surface area contributed by atoms with Crippen LogP contribution in [0, 0.1) is 29.6 Å². The van der Waals surface area contributed by atoms with Gasteiger partial charge in [0.1, 0.15) is 12.8 Å². The molecule has 5 aliphatic rings. The summed E-state index contributed by atoms with van der Waals surface area (Å²) in [5.74, 6) is -2.61. The number of nitrogens with two attached hydrogens (primary N) is 1. The number of alkyl halides is 2. The summed E-state index contributed by atoms with van der Waals surface area (Å²) < 4.78 is 46.3. The number of hydrogen-bond donors (Lipinski definition) is 3. The monoisotopic (exact) mass is 637 g/mol. The molecular formula is C35H37F2NO6S. The van der Waals surface area contributed by atoms with Crippen LogP contribution in [0.15, 0.2) is 76.1 Å². The molecule has 4 aliphatic carbocycles. The van der Waals surface area contributed by atoms with Crippen LogP contribution in [0.25, 0.3) is 0 Å². The van der Waals surface area contributed by atoms with E-state index >= 15 is 8.78 Å². The van der Waals surface area contributed by atoms with Crippen molar-refractivity contribution in [2.75, 3.05) is 12.3 Å². The van der Waals surface area contributed by atoms with E-state index in [-0.39, 0.29) is 24.8 Å². The number of aliphatic hydroxyl groups excluding tert-OH is 2. The number of rotatable bonds is 5. The molecule has 3 saturated carbocycles. The number of ketones is 2. The Labute approximate surface area is 264 Å². The molecule has 10 heteroatoms. The van der Waals surface area contributed by atoms with Gasteiger partial charge in [0.15, 0.2) is 29.1 Å². The fourth-order valence-electron chi connectivity index (χ4n) is 9.38. The summed E-state index contributed by atoms with van der Waals surface area (Å²) >= 11 is 1.55. The lowest BCUT2D eigenvalue weighted by molar-refractivity contribution is -0.235. The Morgan fingerprint density at radius 3 is 2.53 bits per heavy atom.